The van der Waals surface area contributed by atoms with Crippen LogP contribution in [0.15, 0.2) is 65.0 Å². The molecule has 1 aliphatic heterocycles. The average molecular weight is 435 g/mol. The molecular formula is C22H18N4O2S2. The number of nitrogens with one attached hydrogen (secondary N) is 2. The Kier molecular flexibility index (Phi) is 5.02. The summed E-state index contributed by atoms with van der Waals surface area (Å²) in [6.45, 7) is 0.350. The molecule has 0 atom stereocenters. The molecule has 6 nitrogen and oxygen atoms in total. The minimum atomic E-state index is -0.154. The predicted molar refractivity (Wildman–Crippen MR) is 122 cm³/mol. The smallest absolute Gasteiger partial charge is 0.237 e. The molecule has 30 heavy (non-hydrogen) atoms. The number of para-hydroxylation sites is 2. The summed E-state index contributed by atoms with van der Waals surface area (Å²) in [6, 6.07) is 15.8. The lowest BCUT2D eigenvalue weighted by Crippen LogP contribution is -2.37. The Morgan fingerprint density at radius 3 is 2.93 bits per heavy atom. The van der Waals surface area contributed by atoms with E-state index >= 15 is 0 Å². The summed E-state index contributed by atoms with van der Waals surface area (Å²) in [5.41, 5.74) is 3.76. The lowest BCUT2D eigenvalue weighted by atomic mass is 10.1. The summed E-state index contributed by atoms with van der Waals surface area (Å²) in [5.74, 6) is 0.278. The van der Waals surface area contributed by atoms with Gasteiger partial charge in [0.15, 0.2) is 5.13 Å². The number of carbonyl (C=O) groups excluding carboxylic acids is 2. The monoisotopic (exact) mass is 434 g/mol. The van der Waals surface area contributed by atoms with E-state index in [4.69, 9.17) is 0 Å². The summed E-state index contributed by atoms with van der Waals surface area (Å²) >= 11 is 2.93. The average Bonchev–Trinajstić information content (AvgIpc) is 3.39. The number of aromatic amines is 1. The van der Waals surface area contributed by atoms with Crippen LogP contribution in [0.4, 0.5) is 10.8 Å². The number of anilines is 2. The number of thiazole rings is 1. The van der Waals surface area contributed by atoms with Crippen LogP contribution in [0, 0.1) is 0 Å². The molecule has 2 aromatic heterocycles. The fourth-order valence-electron chi connectivity index (χ4n) is 3.53. The molecular weight excluding hydrogens is 416 g/mol. The van der Waals surface area contributed by atoms with Gasteiger partial charge < -0.3 is 15.2 Å². The summed E-state index contributed by atoms with van der Waals surface area (Å²) in [7, 11) is 0. The molecule has 0 spiro atoms. The van der Waals surface area contributed by atoms with Crippen LogP contribution in [0.3, 0.4) is 0 Å². The van der Waals surface area contributed by atoms with Crippen LogP contribution in [-0.4, -0.2) is 34.1 Å². The van der Waals surface area contributed by atoms with Gasteiger partial charge in [0.25, 0.3) is 0 Å². The van der Waals surface area contributed by atoms with Crippen molar-refractivity contribution in [1.29, 1.82) is 0 Å². The van der Waals surface area contributed by atoms with E-state index in [1.54, 1.807) is 4.90 Å². The highest BCUT2D eigenvalue weighted by Gasteiger charge is 2.24. The maximum atomic E-state index is 12.5. The van der Waals surface area contributed by atoms with Crippen LogP contribution in [0.2, 0.25) is 0 Å². The van der Waals surface area contributed by atoms with Crippen LogP contribution in [0.5, 0.6) is 0 Å². The third-order valence-electron chi connectivity index (χ3n) is 4.99. The van der Waals surface area contributed by atoms with Gasteiger partial charge in [0.1, 0.15) is 0 Å². The Hall–Kier alpha value is -3.10. The van der Waals surface area contributed by atoms with Crippen LogP contribution in [-0.2, 0) is 9.59 Å². The zero-order valence-corrected chi connectivity index (χ0v) is 17.6. The van der Waals surface area contributed by atoms with Crippen molar-refractivity contribution in [2.45, 2.75) is 11.3 Å². The number of hydrogen-bond donors (Lipinski definition) is 2. The number of hydrogen-bond acceptors (Lipinski definition) is 5. The topological polar surface area (TPSA) is 78.1 Å². The summed E-state index contributed by atoms with van der Waals surface area (Å²) in [6.07, 6.45) is 2.15. The Morgan fingerprint density at radius 2 is 2.00 bits per heavy atom. The first-order chi connectivity index (χ1) is 14.7. The number of nitrogens with zero attached hydrogens (tertiary/aromatic N) is 2. The number of amides is 2. The van der Waals surface area contributed by atoms with E-state index in [0.29, 0.717) is 17.4 Å². The number of thioether (sulfide) groups is 1. The van der Waals surface area contributed by atoms with E-state index in [1.165, 1.54) is 23.1 Å². The van der Waals surface area contributed by atoms with Crippen molar-refractivity contribution in [3.63, 3.8) is 0 Å². The van der Waals surface area contributed by atoms with Gasteiger partial charge in [0.05, 0.1) is 17.1 Å². The summed E-state index contributed by atoms with van der Waals surface area (Å²) < 4.78 is 0. The highest BCUT2D eigenvalue weighted by Crippen LogP contribution is 2.35. The number of H-pyrrole nitrogens is 1. The molecule has 0 fully saturated rings. The van der Waals surface area contributed by atoms with Crippen LogP contribution in [0.1, 0.15) is 6.42 Å². The quantitative estimate of drug-likeness (QED) is 0.475. The van der Waals surface area contributed by atoms with Gasteiger partial charge in [-0.2, -0.15) is 0 Å². The molecule has 0 aliphatic carbocycles. The van der Waals surface area contributed by atoms with Crippen LogP contribution >= 0.6 is 23.1 Å². The van der Waals surface area contributed by atoms with E-state index in [1.807, 2.05) is 60.1 Å². The lowest BCUT2D eigenvalue weighted by Gasteiger charge is -2.28. The standard InChI is InChI=1S/C22H18N4O2S2/c27-20(9-10-26-18-7-3-4-8-19(18)29-13-21(26)28)25-22-24-17(12-30-22)15-11-23-16-6-2-1-5-14(15)16/h1-8,11-12,23H,9-10,13H2,(H,24,25,27). The minimum Gasteiger partial charge on any atom is -0.360 e. The first kappa shape index (κ1) is 18.9. The highest BCUT2D eigenvalue weighted by molar-refractivity contribution is 8.00. The van der Waals surface area contributed by atoms with E-state index < -0.39 is 0 Å². The van der Waals surface area contributed by atoms with E-state index in [2.05, 4.69) is 15.3 Å². The molecule has 8 heteroatoms. The van der Waals surface area contributed by atoms with Crippen LogP contribution in [0.25, 0.3) is 22.2 Å². The van der Waals surface area contributed by atoms with E-state index in [9.17, 15) is 9.59 Å². The second kappa shape index (κ2) is 7.97. The number of rotatable bonds is 5. The molecule has 0 saturated heterocycles. The Balaban J connectivity index is 1.25. The van der Waals surface area contributed by atoms with Crippen molar-refractivity contribution in [3.8, 4) is 11.3 Å². The molecule has 1 aliphatic rings. The Bertz CT molecular complexity index is 1250. The zero-order valence-electron chi connectivity index (χ0n) is 15.9. The van der Waals surface area contributed by atoms with Gasteiger partial charge in [-0.25, -0.2) is 4.98 Å². The second-order valence-electron chi connectivity index (χ2n) is 6.89. The zero-order chi connectivity index (χ0) is 20.5. The number of aromatic nitrogens is 2. The van der Waals surface area contributed by atoms with Crippen LogP contribution < -0.4 is 10.2 Å². The maximum absolute atomic E-state index is 12.5. The molecule has 3 heterocycles. The molecule has 0 unspecified atom stereocenters. The second-order valence-corrected chi connectivity index (χ2v) is 8.76. The molecule has 2 amide bonds. The van der Waals surface area contributed by atoms with Crippen molar-refractivity contribution in [3.05, 3.63) is 60.1 Å². The highest BCUT2D eigenvalue weighted by atomic mass is 32.2. The van der Waals surface area contributed by atoms with Gasteiger partial charge in [0, 0.05) is 45.9 Å². The fraction of sp³-hybridized carbons (Fsp3) is 0.136. The van der Waals surface area contributed by atoms with Gasteiger partial charge in [-0.15, -0.1) is 23.1 Å². The molecule has 2 N–H and O–H groups in total. The lowest BCUT2D eigenvalue weighted by molar-refractivity contribution is -0.117. The molecule has 2 aromatic carbocycles. The number of benzene rings is 2. The third kappa shape index (κ3) is 3.59. The minimum absolute atomic E-state index is 0.0300. The molecule has 150 valence electrons. The van der Waals surface area contributed by atoms with Crippen molar-refractivity contribution in [1.82, 2.24) is 9.97 Å². The fourth-order valence-corrected chi connectivity index (χ4v) is 5.19. The SMILES string of the molecule is O=C(CCN1C(=O)CSc2ccccc21)Nc1nc(-c2c[nH]c3ccccc23)cs1. The third-order valence-corrected chi connectivity index (χ3v) is 6.79. The van der Waals surface area contributed by atoms with E-state index in [0.717, 1.165) is 32.7 Å². The van der Waals surface area contributed by atoms with Crippen molar-refractivity contribution in [2.24, 2.45) is 0 Å². The molecule has 5 rings (SSSR count). The maximum Gasteiger partial charge on any atom is 0.237 e. The van der Waals surface area contributed by atoms with Gasteiger partial charge in [0.2, 0.25) is 11.8 Å². The molecule has 0 radical (unpaired) electrons. The summed E-state index contributed by atoms with van der Waals surface area (Å²) in [5, 5.41) is 6.46. The largest absolute Gasteiger partial charge is 0.360 e. The normalized spacial score (nSPS) is 13.5. The van der Waals surface area contributed by atoms with E-state index in [-0.39, 0.29) is 18.2 Å². The van der Waals surface area contributed by atoms with Gasteiger partial charge >= 0.3 is 0 Å². The molecule has 0 saturated carbocycles. The Labute approximate surface area is 181 Å². The van der Waals surface area contributed by atoms with Gasteiger partial charge in [-0.3, -0.25) is 9.59 Å². The first-order valence-corrected chi connectivity index (χ1v) is 11.4. The predicted octanol–water partition coefficient (Wildman–Crippen LogP) is 4.76. The van der Waals surface area contributed by atoms with Gasteiger partial charge in [-0.1, -0.05) is 30.3 Å². The van der Waals surface area contributed by atoms with Crippen molar-refractivity contribution < 1.29 is 9.59 Å². The molecule has 4 aromatic rings. The summed E-state index contributed by atoms with van der Waals surface area (Å²) in [4.78, 5) is 35.4. The number of fused-ring (bicyclic) bond motifs is 2. The Morgan fingerprint density at radius 1 is 1.17 bits per heavy atom. The van der Waals surface area contributed by atoms with Gasteiger partial charge in [-0.05, 0) is 18.2 Å². The van der Waals surface area contributed by atoms with Crippen molar-refractivity contribution in [2.75, 3.05) is 22.5 Å². The molecule has 0 bridgehead atoms. The first-order valence-electron chi connectivity index (χ1n) is 9.53. The number of carbonyl (C=O) groups is 2. The van der Waals surface area contributed by atoms with Crippen molar-refractivity contribution >= 4 is 56.6 Å².